The van der Waals surface area contributed by atoms with Crippen LogP contribution in [0.1, 0.15) is 21.7 Å². The molecular formula is C14H14ClNO5S. The third kappa shape index (κ3) is 3.49. The Bertz CT molecular complexity index is 784. The van der Waals surface area contributed by atoms with Crippen LogP contribution in [0.5, 0.6) is 0 Å². The first-order chi connectivity index (χ1) is 10.3. The largest absolute Gasteiger partial charge is 0.478 e. The van der Waals surface area contributed by atoms with Crippen LogP contribution < -0.4 is 4.72 Å². The Labute approximate surface area is 132 Å². The van der Waals surface area contributed by atoms with Gasteiger partial charge in [-0.25, -0.2) is 17.9 Å². The van der Waals surface area contributed by atoms with E-state index in [1.54, 1.807) is 12.1 Å². The highest BCUT2D eigenvalue weighted by atomic mass is 35.5. The Morgan fingerprint density at radius 2 is 2.09 bits per heavy atom. The van der Waals surface area contributed by atoms with Gasteiger partial charge in [0.05, 0.1) is 16.8 Å². The molecule has 0 radical (unpaired) electrons. The van der Waals surface area contributed by atoms with Gasteiger partial charge >= 0.3 is 5.97 Å². The van der Waals surface area contributed by atoms with Crippen molar-refractivity contribution in [1.82, 2.24) is 4.72 Å². The number of furan rings is 1. The number of aromatic carboxylic acids is 1. The predicted molar refractivity (Wildman–Crippen MR) is 80.8 cm³/mol. The summed E-state index contributed by atoms with van der Waals surface area (Å²) < 4.78 is 31.0. The fourth-order valence-corrected chi connectivity index (χ4v) is 3.33. The molecule has 0 fully saturated rings. The summed E-state index contributed by atoms with van der Waals surface area (Å²) >= 11 is 5.99. The van der Waals surface area contributed by atoms with E-state index in [1.165, 1.54) is 19.4 Å². The van der Waals surface area contributed by atoms with E-state index in [4.69, 9.17) is 16.0 Å². The van der Waals surface area contributed by atoms with Gasteiger partial charge < -0.3 is 9.52 Å². The standard InChI is InChI=1S/C14H14ClNO5S/c1-16-22(19,20)13-8-11(14(17)18)9(7-12(13)15)4-5-10-3-2-6-21-10/h2-3,6-8,16H,4-5H2,1H3,(H,17,18). The molecule has 118 valence electrons. The molecule has 0 saturated carbocycles. The fourth-order valence-electron chi connectivity index (χ4n) is 2.03. The van der Waals surface area contributed by atoms with E-state index in [0.717, 1.165) is 6.07 Å². The number of carbonyl (C=O) groups is 1. The molecule has 22 heavy (non-hydrogen) atoms. The summed E-state index contributed by atoms with van der Waals surface area (Å²) in [4.78, 5) is 11.1. The number of carboxylic acids is 1. The molecule has 0 atom stereocenters. The van der Waals surface area contributed by atoms with Crippen molar-refractivity contribution in [2.45, 2.75) is 17.7 Å². The van der Waals surface area contributed by atoms with E-state index in [0.29, 0.717) is 24.2 Å². The van der Waals surface area contributed by atoms with Crippen molar-refractivity contribution in [3.63, 3.8) is 0 Å². The van der Waals surface area contributed by atoms with Gasteiger partial charge in [0.25, 0.3) is 0 Å². The first-order valence-corrected chi connectivity index (χ1v) is 8.23. The number of hydrogen-bond acceptors (Lipinski definition) is 4. The molecule has 1 aromatic heterocycles. The summed E-state index contributed by atoms with van der Waals surface area (Å²) in [6.07, 6.45) is 2.39. The molecule has 0 amide bonds. The van der Waals surface area contributed by atoms with Gasteiger partial charge in [0, 0.05) is 6.42 Å². The van der Waals surface area contributed by atoms with Crippen molar-refractivity contribution in [3.05, 3.63) is 52.4 Å². The second-order valence-electron chi connectivity index (χ2n) is 4.53. The molecular weight excluding hydrogens is 330 g/mol. The zero-order chi connectivity index (χ0) is 16.3. The van der Waals surface area contributed by atoms with E-state index in [2.05, 4.69) is 4.72 Å². The highest BCUT2D eigenvalue weighted by molar-refractivity contribution is 7.89. The van der Waals surface area contributed by atoms with Gasteiger partial charge in [-0.3, -0.25) is 0 Å². The lowest BCUT2D eigenvalue weighted by molar-refractivity contribution is 0.0695. The van der Waals surface area contributed by atoms with Crippen LogP contribution >= 0.6 is 11.6 Å². The molecule has 8 heteroatoms. The van der Waals surface area contributed by atoms with E-state index >= 15 is 0 Å². The molecule has 2 rings (SSSR count). The van der Waals surface area contributed by atoms with Gasteiger partial charge in [0.15, 0.2) is 0 Å². The third-order valence-corrected chi connectivity index (χ3v) is 5.05. The molecule has 0 aliphatic rings. The summed E-state index contributed by atoms with van der Waals surface area (Å²) in [5.41, 5.74) is 0.355. The molecule has 2 aromatic rings. The first-order valence-electron chi connectivity index (χ1n) is 6.37. The Kier molecular flexibility index (Phi) is 4.90. The minimum atomic E-state index is -3.82. The summed E-state index contributed by atoms with van der Waals surface area (Å²) in [5.74, 6) is -0.502. The molecule has 0 spiro atoms. The van der Waals surface area contributed by atoms with Crippen molar-refractivity contribution in [1.29, 1.82) is 0 Å². The molecule has 0 aliphatic heterocycles. The molecule has 0 saturated heterocycles. The SMILES string of the molecule is CNS(=O)(=O)c1cc(C(=O)O)c(CCc2ccco2)cc1Cl. The van der Waals surface area contributed by atoms with Gasteiger partial charge in [-0.1, -0.05) is 11.6 Å². The minimum absolute atomic E-state index is 0.0196. The number of benzene rings is 1. The molecule has 1 aromatic carbocycles. The molecule has 6 nitrogen and oxygen atoms in total. The lowest BCUT2D eigenvalue weighted by atomic mass is 10.0. The van der Waals surface area contributed by atoms with E-state index in [-0.39, 0.29) is 15.5 Å². The fraction of sp³-hybridized carbons (Fsp3) is 0.214. The van der Waals surface area contributed by atoms with Crippen molar-refractivity contribution in [2.75, 3.05) is 7.05 Å². The lowest BCUT2D eigenvalue weighted by Gasteiger charge is -2.11. The number of aryl methyl sites for hydroxylation is 2. The number of sulfonamides is 1. The quantitative estimate of drug-likeness (QED) is 0.839. The number of rotatable bonds is 6. The Morgan fingerprint density at radius 3 is 2.64 bits per heavy atom. The first kappa shape index (κ1) is 16.5. The number of nitrogens with one attached hydrogen (secondary N) is 1. The number of carboxylic acid groups (broad SMARTS) is 1. The molecule has 0 bridgehead atoms. The van der Waals surface area contributed by atoms with Crippen LogP contribution in [0.2, 0.25) is 5.02 Å². The summed E-state index contributed by atoms with van der Waals surface area (Å²) in [5, 5.41) is 9.28. The molecule has 0 unspecified atom stereocenters. The van der Waals surface area contributed by atoms with Crippen molar-refractivity contribution in [2.24, 2.45) is 0 Å². The zero-order valence-corrected chi connectivity index (χ0v) is 13.2. The Hall–Kier alpha value is -1.83. The summed E-state index contributed by atoms with van der Waals surface area (Å²) in [7, 11) is -2.59. The van der Waals surface area contributed by atoms with Gasteiger partial charge in [-0.15, -0.1) is 0 Å². The maximum absolute atomic E-state index is 11.8. The van der Waals surface area contributed by atoms with Crippen molar-refractivity contribution in [3.8, 4) is 0 Å². The van der Waals surface area contributed by atoms with Crippen LogP contribution in [0, 0.1) is 0 Å². The number of halogens is 1. The van der Waals surface area contributed by atoms with Crippen LogP contribution in [-0.2, 0) is 22.9 Å². The zero-order valence-electron chi connectivity index (χ0n) is 11.7. The lowest BCUT2D eigenvalue weighted by Crippen LogP contribution is -2.20. The van der Waals surface area contributed by atoms with Gasteiger partial charge in [0.2, 0.25) is 10.0 Å². The second kappa shape index (κ2) is 6.51. The van der Waals surface area contributed by atoms with Crippen LogP contribution in [0.15, 0.2) is 39.8 Å². The summed E-state index contributed by atoms with van der Waals surface area (Å²) in [6.45, 7) is 0. The molecule has 2 N–H and O–H groups in total. The average molecular weight is 344 g/mol. The van der Waals surface area contributed by atoms with Gasteiger partial charge in [0.1, 0.15) is 10.7 Å². The minimum Gasteiger partial charge on any atom is -0.478 e. The van der Waals surface area contributed by atoms with Crippen LogP contribution in [0.3, 0.4) is 0 Å². The molecule has 0 aliphatic carbocycles. The van der Waals surface area contributed by atoms with Crippen LogP contribution in [0.4, 0.5) is 0 Å². The Balaban J connectivity index is 2.42. The monoisotopic (exact) mass is 343 g/mol. The highest BCUT2D eigenvalue weighted by Crippen LogP contribution is 2.26. The van der Waals surface area contributed by atoms with E-state index < -0.39 is 16.0 Å². The maximum atomic E-state index is 11.8. The highest BCUT2D eigenvalue weighted by Gasteiger charge is 2.21. The maximum Gasteiger partial charge on any atom is 0.336 e. The van der Waals surface area contributed by atoms with E-state index in [9.17, 15) is 18.3 Å². The topological polar surface area (TPSA) is 96.6 Å². The Morgan fingerprint density at radius 1 is 1.36 bits per heavy atom. The smallest absolute Gasteiger partial charge is 0.336 e. The van der Waals surface area contributed by atoms with Gasteiger partial charge in [-0.05, 0) is 43.3 Å². The second-order valence-corrected chi connectivity index (χ2v) is 6.79. The van der Waals surface area contributed by atoms with E-state index in [1.807, 2.05) is 0 Å². The number of hydrogen-bond donors (Lipinski definition) is 2. The average Bonchev–Trinajstić information content (AvgIpc) is 2.97. The molecule has 1 heterocycles. The van der Waals surface area contributed by atoms with Gasteiger partial charge in [-0.2, -0.15) is 0 Å². The third-order valence-electron chi connectivity index (χ3n) is 3.17. The van der Waals surface area contributed by atoms with Crippen LogP contribution in [0.25, 0.3) is 0 Å². The van der Waals surface area contributed by atoms with Crippen molar-refractivity contribution >= 4 is 27.6 Å². The van der Waals surface area contributed by atoms with Crippen LogP contribution in [-0.4, -0.2) is 26.5 Å². The predicted octanol–water partition coefficient (Wildman–Crippen LogP) is 2.32. The normalized spacial score (nSPS) is 11.5. The summed E-state index contributed by atoms with van der Waals surface area (Å²) in [6, 6.07) is 5.97. The van der Waals surface area contributed by atoms with Crippen molar-refractivity contribution < 1.29 is 22.7 Å².